The van der Waals surface area contributed by atoms with Crippen LogP contribution in [0.15, 0.2) is 78.9 Å². The summed E-state index contributed by atoms with van der Waals surface area (Å²) in [5, 5.41) is 13.6. The van der Waals surface area contributed by atoms with Gasteiger partial charge in [0.15, 0.2) is 0 Å². The highest BCUT2D eigenvalue weighted by molar-refractivity contribution is 5.33. The second-order valence-corrected chi connectivity index (χ2v) is 6.44. The Balaban J connectivity index is 1.54. The van der Waals surface area contributed by atoms with Crippen LogP contribution in [0, 0.1) is 6.92 Å². The van der Waals surface area contributed by atoms with Crippen molar-refractivity contribution in [3.63, 3.8) is 0 Å². The summed E-state index contributed by atoms with van der Waals surface area (Å²) < 4.78 is 6.00. The van der Waals surface area contributed by atoms with E-state index in [0.717, 1.165) is 22.4 Å². The van der Waals surface area contributed by atoms with Gasteiger partial charge in [-0.15, -0.1) is 0 Å². The van der Waals surface area contributed by atoms with Crippen molar-refractivity contribution in [2.45, 2.75) is 26.2 Å². The molecule has 0 saturated carbocycles. The summed E-state index contributed by atoms with van der Waals surface area (Å²) in [6.45, 7) is 3.77. The van der Waals surface area contributed by atoms with E-state index in [1.54, 1.807) is 0 Å². The summed E-state index contributed by atoms with van der Waals surface area (Å²) in [7, 11) is 0. The molecule has 0 fully saturated rings. The fourth-order valence-corrected chi connectivity index (χ4v) is 2.77. The average molecular weight is 347 g/mol. The summed E-state index contributed by atoms with van der Waals surface area (Å²) in [4.78, 5) is 0. The molecule has 0 spiro atoms. The van der Waals surface area contributed by atoms with E-state index in [2.05, 4.69) is 36.5 Å². The molecule has 0 aliphatic rings. The number of nitrogens with one attached hydrogen (secondary N) is 1. The van der Waals surface area contributed by atoms with Crippen LogP contribution >= 0.6 is 0 Å². The normalized spacial score (nSPS) is 11.9. The summed E-state index contributed by atoms with van der Waals surface area (Å²) >= 11 is 0. The van der Waals surface area contributed by atoms with Gasteiger partial charge in [-0.2, -0.15) is 0 Å². The number of ether oxygens (including phenoxy) is 1. The van der Waals surface area contributed by atoms with Crippen molar-refractivity contribution >= 4 is 0 Å². The van der Waals surface area contributed by atoms with Crippen LogP contribution in [-0.2, 0) is 13.2 Å². The Bertz CT molecular complexity index is 800. The zero-order chi connectivity index (χ0) is 18.2. The van der Waals surface area contributed by atoms with Crippen molar-refractivity contribution in [3.05, 3.63) is 101 Å². The van der Waals surface area contributed by atoms with Gasteiger partial charge in [-0.05, 0) is 24.1 Å². The van der Waals surface area contributed by atoms with Crippen LogP contribution in [-0.4, -0.2) is 11.7 Å². The highest BCUT2D eigenvalue weighted by Gasteiger charge is 2.08. The fraction of sp³-hybridized carbons (Fsp3) is 0.217. The molecule has 0 aliphatic heterocycles. The molecule has 3 aromatic rings. The average Bonchev–Trinajstić information content (AvgIpc) is 2.69. The molecule has 0 unspecified atom stereocenters. The molecule has 0 bridgehead atoms. The largest absolute Gasteiger partial charge is 0.489 e. The smallest absolute Gasteiger partial charge is 0.124 e. The Morgan fingerprint density at radius 1 is 0.885 bits per heavy atom. The molecule has 1 atom stereocenters. The maximum Gasteiger partial charge on any atom is 0.124 e. The second-order valence-electron chi connectivity index (χ2n) is 6.44. The van der Waals surface area contributed by atoms with Crippen LogP contribution in [0.4, 0.5) is 0 Å². The van der Waals surface area contributed by atoms with E-state index in [4.69, 9.17) is 4.74 Å². The molecule has 26 heavy (non-hydrogen) atoms. The van der Waals surface area contributed by atoms with Gasteiger partial charge in [0.2, 0.25) is 0 Å². The molecule has 0 heterocycles. The third-order valence-corrected chi connectivity index (χ3v) is 4.33. The molecule has 2 N–H and O–H groups in total. The standard InChI is InChI=1S/C23H25NO2/c1-18-11-13-19(14-12-18)17-26-23-10-6-5-9-21(23)15-24-16-22(25)20-7-3-2-4-8-20/h2-14,22,24-25H,15-17H2,1H3/t22-/m1/s1. The lowest BCUT2D eigenvalue weighted by Gasteiger charge is -2.15. The van der Waals surface area contributed by atoms with Crippen molar-refractivity contribution in [2.75, 3.05) is 6.54 Å². The van der Waals surface area contributed by atoms with E-state index in [-0.39, 0.29) is 0 Å². The number of benzene rings is 3. The maximum atomic E-state index is 10.2. The Labute approximate surface area is 155 Å². The van der Waals surface area contributed by atoms with Gasteiger partial charge in [-0.1, -0.05) is 78.4 Å². The van der Waals surface area contributed by atoms with Gasteiger partial charge >= 0.3 is 0 Å². The summed E-state index contributed by atoms with van der Waals surface area (Å²) in [5.74, 6) is 0.870. The molecule has 0 aliphatic carbocycles. The molecule has 0 aromatic heterocycles. The Kier molecular flexibility index (Phi) is 6.42. The Hall–Kier alpha value is -2.62. The molecule has 0 amide bonds. The zero-order valence-corrected chi connectivity index (χ0v) is 15.1. The Morgan fingerprint density at radius 2 is 1.58 bits per heavy atom. The lowest BCUT2D eigenvalue weighted by atomic mass is 10.1. The van der Waals surface area contributed by atoms with Crippen LogP contribution in [0.2, 0.25) is 0 Å². The van der Waals surface area contributed by atoms with Crippen LogP contribution in [0.1, 0.15) is 28.4 Å². The molecule has 3 nitrogen and oxygen atoms in total. The molecule has 3 aromatic carbocycles. The molecular formula is C23H25NO2. The summed E-state index contributed by atoms with van der Waals surface area (Å²) in [6, 6.07) is 26.1. The van der Waals surface area contributed by atoms with E-state index in [1.807, 2.05) is 54.6 Å². The van der Waals surface area contributed by atoms with Crippen molar-refractivity contribution in [1.29, 1.82) is 0 Å². The molecule has 0 radical (unpaired) electrons. The SMILES string of the molecule is Cc1ccc(COc2ccccc2CNC[C@@H](O)c2ccccc2)cc1. The predicted octanol–water partition coefficient (Wildman–Crippen LogP) is 4.40. The number of aliphatic hydroxyl groups is 1. The van der Waals surface area contributed by atoms with E-state index in [9.17, 15) is 5.11 Å². The number of aryl methyl sites for hydroxylation is 1. The first-order chi connectivity index (χ1) is 12.7. The monoisotopic (exact) mass is 347 g/mol. The number of para-hydroxylation sites is 1. The van der Waals surface area contributed by atoms with Crippen LogP contribution in [0.25, 0.3) is 0 Å². The number of hydrogen-bond donors (Lipinski definition) is 2. The van der Waals surface area contributed by atoms with Crippen molar-refractivity contribution in [2.24, 2.45) is 0 Å². The third-order valence-electron chi connectivity index (χ3n) is 4.33. The van der Waals surface area contributed by atoms with Crippen molar-refractivity contribution in [3.8, 4) is 5.75 Å². The van der Waals surface area contributed by atoms with E-state index < -0.39 is 6.10 Å². The molecular weight excluding hydrogens is 322 g/mol. The predicted molar refractivity (Wildman–Crippen MR) is 105 cm³/mol. The molecule has 0 saturated heterocycles. The maximum absolute atomic E-state index is 10.2. The lowest BCUT2D eigenvalue weighted by Crippen LogP contribution is -2.21. The number of aliphatic hydroxyl groups excluding tert-OH is 1. The summed E-state index contributed by atoms with van der Waals surface area (Å²) in [5.41, 5.74) is 4.40. The minimum atomic E-state index is -0.517. The molecule has 134 valence electrons. The zero-order valence-electron chi connectivity index (χ0n) is 15.1. The van der Waals surface area contributed by atoms with Crippen LogP contribution < -0.4 is 10.1 Å². The van der Waals surface area contributed by atoms with E-state index >= 15 is 0 Å². The third kappa shape index (κ3) is 5.19. The first-order valence-electron chi connectivity index (χ1n) is 8.92. The minimum absolute atomic E-state index is 0.496. The van der Waals surface area contributed by atoms with Crippen molar-refractivity contribution in [1.82, 2.24) is 5.32 Å². The van der Waals surface area contributed by atoms with Crippen molar-refractivity contribution < 1.29 is 9.84 Å². The minimum Gasteiger partial charge on any atom is -0.489 e. The van der Waals surface area contributed by atoms with E-state index in [0.29, 0.717) is 19.7 Å². The van der Waals surface area contributed by atoms with Gasteiger partial charge in [-0.3, -0.25) is 0 Å². The second kappa shape index (κ2) is 9.18. The van der Waals surface area contributed by atoms with Crippen LogP contribution in [0.3, 0.4) is 0 Å². The topological polar surface area (TPSA) is 41.5 Å². The summed E-state index contributed by atoms with van der Waals surface area (Å²) in [6.07, 6.45) is -0.517. The van der Waals surface area contributed by atoms with Gasteiger partial charge in [0.1, 0.15) is 12.4 Å². The molecule has 3 heteroatoms. The first-order valence-corrected chi connectivity index (χ1v) is 8.92. The molecule has 3 rings (SSSR count). The van der Waals surface area contributed by atoms with Crippen LogP contribution in [0.5, 0.6) is 5.75 Å². The quantitative estimate of drug-likeness (QED) is 0.635. The number of rotatable bonds is 8. The van der Waals surface area contributed by atoms with Gasteiger partial charge in [0.25, 0.3) is 0 Å². The van der Waals surface area contributed by atoms with Gasteiger partial charge < -0.3 is 15.2 Å². The van der Waals surface area contributed by atoms with Gasteiger partial charge in [0.05, 0.1) is 6.10 Å². The Morgan fingerprint density at radius 3 is 2.35 bits per heavy atom. The fourth-order valence-electron chi connectivity index (χ4n) is 2.77. The van der Waals surface area contributed by atoms with Gasteiger partial charge in [-0.25, -0.2) is 0 Å². The highest BCUT2D eigenvalue weighted by atomic mass is 16.5. The first kappa shape index (κ1) is 18.2. The van der Waals surface area contributed by atoms with Gasteiger partial charge in [0, 0.05) is 18.7 Å². The number of hydrogen-bond acceptors (Lipinski definition) is 3. The lowest BCUT2D eigenvalue weighted by molar-refractivity contribution is 0.174. The highest BCUT2D eigenvalue weighted by Crippen LogP contribution is 2.20. The van der Waals surface area contributed by atoms with E-state index in [1.165, 1.54) is 5.56 Å².